The maximum Gasteiger partial charge on any atom is 0.270 e. The molecule has 0 bridgehead atoms. The number of nitro benzene ring substituents is 1. The number of hydrogen-bond donors (Lipinski definition) is 2. The zero-order chi connectivity index (χ0) is 12.1. The van der Waals surface area contributed by atoms with Gasteiger partial charge in [-0.25, -0.2) is 0 Å². The second kappa shape index (κ2) is 5.17. The van der Waals surface area contributed by atoms with Crippen molar-refractivity contribution in [1.82, 2.24) is 5.43 Å². The smallest absolute Gasteiger partial charge is 0.270 e. The zero-order valence-electron chi connectivity index (χ0n) is 8.51. The number of nitrogens with zero attached hydrogens (tertiary/aromatic N) is 2. The molecule has 0 saturated carbocycles. The molecule has 0 radical (unpaired) electrons. The summed E-state index contributed by atoms with van der Waals surface area (Å²) in [5.74, 6) is 0. The summed E-state index contributed by atoms with van der Waals surface area (Å²) >= 11 is 4.58. The first kappa shape index (κ1) is 12.1. The first-order chi connectivity index (χ1) is 7.50. The quantitative estimate of drug-likeness (QED) is 0.356. The molecule has 0 aromatic heterocycles. The van der Waals surface area contributed by atoms with E-state index >= 15 is 0 Å². The number of hydrazone groups is 1. The van der Waals surface area contributed by atoms with E-state index in [-0.39, 0.29) is 10.8 Å². The van der Waals surface area contributed by atoms with E-state index in [1.54, 1.807) is 19.1 Å². The molecular weight excluding hydrogens is 228 g/mol. The van der Waals surface area contributed by atoms with Gasteiger partial charge < -0.3 is 5.73 Å². The Morgan fingerprint density at radius 3 is 2.88 bits per heavy atom. The first-order valence-electron chi connectivity index (χ1n) is 4.35. The molecule has 0 amide bonds. The second-order valence-corrected chi connectivity index (χ2v) is 3.42. The number of non-ortho nitro benzene ring substituents is 1. The van der Waals surface area contributed by atoms with Crippen LogP contribution in [0.25, 0.3) is 0 Å². The van der Waals surface area contributed by atoms with E-state index < -0.39 is 4.92 Å². The van der Waals surface area contributed by atoms with E-state index in [1.807, 2.05) is 0 Å². The third-order valence-electron chi connectivity index (χ3n) is 1.81. The lowest BCUT2D eigenvalue weighted by molar-refractivity contribution is -0.384. The summed E-state index contributed by atoms with van der Waals surface area (Å²) in [5, 5.41) is 14.5. The van der Waals surface area contributed by atoms with Crippen LogP contribution in [-0.2, 0) is 0 Å². The van der Waals surface area contributed by atoms with Gasteiger partial charge in [0.25, 0.3) is 5.69 Å². The monoisotopic (exact) mass is 238 g/mol. The molecular formula is C9H10N4O2S. The molecule has 3 N–H and O–H groups in total. The Bertz CT molecular complexity index is 459. The van der Waals surface area contributed by atoms with Crippen molar-refractivity contribution in [3.63, 3.8) is 0 Å². The molecule has 16 heavy (non-hydrogen) atoms. The van der Waals surface area contributed by atoms with Crippen LogP contribution >= 0.6 is 12.2 Å². The predicted molar refractivity (Wildman–Crippen MR) is 65.2 cm³/mol. The Labute approximate surface area is 97.3 Å². The molecule has 0 aliphatic rings. The van der Waals surface area contributed by atoms with Crippen molar-refractivity contribution >= 4 is 28.7 Å². The van der Waals surface area contributed by atoms with Crippen LogP contribution in [-0.4, -0.2) is 15.7 Å². The molecule has 1 rings (SSSR count). The summed E-state index contributed by atoms with van der Waals surface area (Å²) < 4.78 is 0. The van der Waals surface area contributed by atoms with Crippen LogP contribution in [0.2, 0.25) is 0 Å². The van der Waals surface area contributed by atoms with Gasteiger partial charge in [-0.3, -0.25) is 15.5 Å². The summed E-state index contributed by atoms with van der Waals surface area (Å²) in [4.78, 5) is 10.1. The predicted octanol–water partition coefficient (Wildman–Crippen LogP) is 1.15. The van der Waals surface area contributed by atoms with Gasteiger partial charge in [0, 0.05) is 17.7 Å². The lowest BCUT2D eigenvalue weighted by atomic mass is 10.1. The van der Waals surface area contributed by atoms with E-state index in [2.05, 4.69) is 22.7 Å². The summed E-state index contributed by atoms with van der Waals surface area (Å²) in [6.07, 6.45) is 0. The van der Waals surface area contributed by atoms with Crippen LogP contribution < -0.4 is 11.2 Å². The molecule has 0 heterocycles. The molecule has 0 fully saturated rings. The van der Waals surface area contributed by atoms with Gasteiger partial charge in [-0.15, -0.1) is 0 Å². The number of nitrogens with two attached hydrogens (primary N) is 1. The van der Waals surface area contributed by atoms with Crippen molar-refractivity contribution in [3.05, 3.63) is 39.9 Å². The standard InChI is InChI=1S/C9H10N4O2S/c1-6(11-12-9(10)16)7-3-2-4-8(5-7)13(14)15/h2-5H,1H3,(H3,10,12,16)/b11-6-. The van der Waals surface area contributed by atoms with Crippen LogP contribution in [0.5, 0.6) is 0 Å². The third kappa shape index (κ3) is 3.28. The first-order valence-corrected chi connectivity index (χ1v) is 4.76. The van der Waals surface area contributed by atoms with Crippen LogP contribution in [0.3, 0.4) is 0 Å². The Balaban J connectivity index is 2.95. The number of nitro groups is 1. The minimum Gasteiger partial charge on any atom is -0.375 e. The minimum atomic E-state index is -0.461. The van der Waals surface area contributed by atoms with E-state index in [9.17, 15) is 10.1 Å². The fourth-order valence-electron chi connectivity index (χ4n) is 1.05. The van der Waals surface area contributed by atoms with Crippen LogP contribution in [0.1, 0.15) is 12.5 Å². The molecule has 0 unspecified atom stereocenters. The number of hydrogen-bond acceptors (Lipinski definition) is 4. The number of rotatable bonds is 3. The normalized spacial score (nSPS) is 10.9. The van der Waals surface area contributed by atoms with Gasteiger partial charge in [-0.1, -0.05) is 12.1 Å². The fourth-order valence-corrected chi connectivity index (χ4v) is 1.09. The molecule has 1 aromatic carbocycles. The third-order valence-corrected chi connectivity index (χ3v) is 1.90. The highest BCUT2D eigenvalue weighted by molar-refractivity contribution is 7.80. The second-order valence-electron chi connectivity index (χ2n) is 2.98. The SMILES string of the molecule is C/C(=N/NC(N)=S)c1cccc([N+](=O)[O-])c1. The lowest BCUT2D eigenvalue weighted by Crippen LogP contribution is -2.25. The molecule has 1 aromatic rings. The average molecular weight is 238 g/mol. The molecule has 0 spiro atoms. The van der Waals surface area contributed by atoms with Crippen LogP contribution in [0.4, 0.5) is 5.69 Å². The maximum absolute atomic E-state index is 10.6. The molecule has 0 aliphatic carbocycles. The highest BCUT2D eigenvalue weighted by Gasteiger charge is 2.07. The van der Waals surface area contributed by atoms with E-state index in [0.717, 1.165) is 0 Å². The highest BCUT2D eigenvalue weighted by Crippen LogP contribution is 2.13. The molecule has 0 aliphatic heterocycles. The summed E-state index contributed by atoms with van der Waals surface area (Å²) in [5.41, 5.74) is 8.84. The Morgan fingerprint density at radius 1 is 1.62 bits per heavy atom. The summed E-state index contributed by atoms with van der Waals surface area (Å²) in [6, 6.07) is 6.15. The van der Waals surface area contributed by atoms with E-state index in [0.29, 0.717) is 11.3 Å². The van der Waals surface area contributed by atoms with Gasteiger partial charge >= 0.3 is 0 Å². The van der Waals surface area contributed by atoms with Crippen molar-refractivity contribution in [1.29, 1.82) is 0 Å². The molecule has 84 valence electrons. The Hall–Kier alpha value is -2.02. The highest BCUT2D eigenvalue weighted by atomic mass is 32.1. The maximum atomic E-state index is 10.6. The fraction of sp³-hybridized carbons (Fsp3) is 0.111. The minimum absolute atomic E-state index is 0.0161. The number of nitrogens with one attached hydrogen (secondary N) is 1. The molecule has 6 nitrogen and oxygen atoms in total. The van der Waals surface area contributed by atoms with E-state index in [1.165, 1.54) is 12.1 Å². The van der Waals surface area contributed by atoms with Crippen molar-refractivity contribution in [2.45, 2.75) is 6.92 Å². The largest absolute Gasteiger partial charge is 0.375 e. The Morgan fingerprint density at radius 2 is 2.31 bits per heavy atom. The van der Waals surface area contributed by atoms with Gasteiger partial charge in [-0.05, 0) is 19.1 Å². The number of thiocarbonyl (C=S) groups is 1. The van der Waals surface area contributed by atoms with Gasteiger partial charge in [0.15, 0.2) is 5.11 Å². The molecule has 0 atom stereocenters. The van der Waals surface area contributed by atoms with Gasteiger partial charge in [0.2, 0.25) is 0 Å². The zero-order valence-corrected chi connectivity index (χ0v) is 9.32. The van der Waals surface area contributed by atoms with Crippen molar-refractivity contribution in [2.75, 3.05) is 0 Å². The van der Waals surface area contributed by atoms with Crippen molar-refractivity contribution in [2.24, 2.45) is 10.8 Å². The average Bonchev–Trinajstić information content (AvgIpc) is 2.26. The van der Waals surface area contributed by atoms with Crippen LogP contribution in [0.15, 0.2) is 29.4 Å². The van der Waals surface area contributed by atoms with Gasteiger partial charge in [-0.2, -0.15) is 5.10 Å². The van der Waals surface area contributed by atoms with Gasteiger partial charge in [0.05, 0.1) is 10.6 Å². The summed E-state index contributed by atoms with van der Waals surface area (Å²) in [6.45, 7) is 1.70. The van der Waals surface area contributed by atoms with E-state index in [4.69, 9.17) is 5.73 Å². The lowest BCUT2D eigenvalue weighted by Gasteiger charge is -2.01. The van der Waals surface area contributed by atoms with Crippen molar-refractivity contribution < 1.29 is 4.92 Å². The van der Waals surface area contributed by atoms with Crippen molar-refractivity contribution in [3.8, 4) is 0 Å². The van der Waals surface area contributed by atoms with Crippen LogP contribution in [0, 0.1) is 10.1 Å². The number of benzene rings is 1. The molecule has 0 saturated heterocycles. The summed E-state index contributed by atoms with van der Waals surface area (Å²) in [7, 11) is 0. The Kier molecular flexibility index (Phi) is 3.90. The topological polar surface area (TPSA) is 93.5 Å². The van der Waals surface area contributed by atoms with Gasteiger partial charge in [0.1, 0.15) is 0 Å². The molecule has 7 heteroatoms.